The van der Waals surface area contributed by atoms with Gasteiger partial charge in [0.1, 0.15) is 5.69 Å². The highest BCUT2D eigenvalue weighted by atomic mass is 16.2. The van der Waals surface area contributed by atoms with E-state index in [1.165, 1.54) is 24.1 Å². The molecule has 0 spiro atoms. The summed E-state index contributed by atoms with van der Waals surface area (Å²) in [6.45, 7) is 9.95. The molecular formula is C22H31N5O2. The first-order valence-electron chi connectivity index (χ1n) is 10.7. The zero-order valence-electron chi connectivity index (χ0n) is 17.7. The summed E-state index contributed by atoms with van der Waals surface area (Å²) in [5, 5.41) is 7.54. The fraction of sp³-hybridized carbons (Fsp3) is 0.591. The molecule has 2 N–H and O–H groups in total. The number of piperidine rings is 1. The maximum Gasteiger partial charge on any atom is 0.270 e. The van der Waals surface area contributed by atoms with E-state index in [1.807, 2.05) is 24.9 Å². The van der Waals surface area contributed by atoms with E-state index in [-0.39, 0.29) is 17.6 Å². The first-order chi connectivity index (χ1) is 14.0. The highest BCUT2D eigenvalue weighted by Crippen LogP contribution is 2.30. The lowest BCUT2D eigenvalue weighted by Gasteiger charge is -2.33. The number of H-pyrrole nitrogens is 2. The third-order valence-electron chi connectivity index (χ3n) is 6.46. The first-order valence-corrected chi connectivity index (χ1v) is 10.7. The Balaban J connectivity index is 1.51. The molecule has 2 saturated heterocycles. The molecule has 0 aliphatic carbocycles. The first kappa shape index (κ1) is 19.9. The van der Waals surface area contributed by atoms with Gasteiger partial charge in [0.2, 0.25) is 0 Å². The molecule has 4 heterocycles. The maximum atomic E-state index is 13.2. The second-order valence-electron chi connectivity index (χ2n) is 8.56. The van der Waals surface area contributed by atoms with E-state index in [9.17, 15) is 9.59 Å². The molecule has 0 saturated carbocycles. The van der Waals surface area contributed by atoms with Crippen molar-refractivity contribution in [2.75, 3.05) is 26.2 Å². The van der Waals surface area contributed by atoms with Crippen LogP contribution >= 0.6 is 0 Å². The minimum absolute atomic E-state index is 0.00386. The summed E-state index contributed by atoms with van der Waals surface area (Å²) in [6, 6.07) is 0. The molecule has 2 aliphatic heterocycles. The van der Waals surface area contributed by atoms with E-state index in [4.69, 9.17) is 0 Å². The number of aromatic nitrogens is 3. The van der Waals surface area contributed by atoms with Crippen molar-refractivity contribution in [2.45, 2.75) is 58.9 Å². The molecule has 2 aromatic rings. The number of amides is 1. The molecule has 0 unspecified atom stereocenters. The number of carbonyl (C=O) groups excluding carboxylic acids is 2. The van der Waals surface area contributed by atoms with Crippen molar-refractivity contribution < 1.29 is 9.59 Å². The van der Waals surface area contributed by atoms with Gasteiger partial charge in [-0.1, -0.05) is 0 Å². The maximum absolute atomic E-state index is 13.2. The Bertz CT molecular complexity index is 906. The fourth-order valence-electron chi connectivity index (χ4n) is 5.03. The number of hydrogen-bond donors (Lipinski definition) is 2. The molecule has 156 valence electrons. The van der Waals surface area contributed by atoms with Crippen LogP contribution in [-0.4, -0.2) is 62.9 Å². The van der Waals surface area contributed by atoms with Gasteiger partial charge in [-0.05, 0) is 65.1 Å². The number of carbonyl (C=O) groups is 2. The van der Waals surface area contributed by atoms with Crippen molar-refractivity contribution in [3.8, 4) is 0 Å². The zero-order valence-corrected chi connectivity index (χ0v) is 17.7. The summed E-state index contributed by atoms with van der Waals surface area (Å²) in [7, 11) is 0. The SMILES string of the molecule is CC(=O)c1c(C)[nH]c(C(=O)N2CCC[C@@H](c3[nH]ncc3CN3CCCC3)C2)c1C. The average molecular weight is 398 g/mol. The van der Waals surface area contributed by atoms with Crippen LogP contribution in [0.3, 0.4) is 0 Å². The lowest BCUT2D eigenvalue weighted by molar-refractivity contribution is 0.0699. The Hall–Kier alpha value is -2.41. The second-order valence-corrected chi connectivity index (χ2v) is 8.56. The molecule has 0 radical (unpaired) electrons. The van der Waals surface area contributed by atoms with E-state index >= 15 is 0 Å². The predicted octanol–water partition coefficient (Wildman–Crippen LogP) is 3.17. The van der Waals surface area contributed by atoms with Gasteiger partial charge in [0.25, 0.3) is 5.91 Å². The molecule has 2 aromatic heterocycles. The Labute approximate surface area is 171 Å². The van der Waals surface area contributed by atoms with Crippen LogP contribution in [0.4, 0.5) is 0 Å². The van der Waals surface area contributed by atoms with E-state index in [1.54, 1.807) is 6.92 Å². The van der Waals surface area contributed by atoms with E-state index in [2.05, 4.69) is 20.1 Å². The Morgan fingerprint density at radius 1 is 1.17 bits per heavy atom. The predicted molar refractivity (Wildman–Crippen MR) is 111 cm³/mol. The Kier molecular flexibility index (Phi) is 5.58. The highest BCUT2D eigenvalue weighted by molar-refractivity contribution is 6.02. The Morgan fingerprint density at radius 3 is 2.62 bits per heavy atom. The molecule has 2 aliphatic rings. The molecule has 1 atom stereocenters. The monoisotopic (exact) mass is 397 g/mol. The quantitative estimate of drug-likeness (QED) is 0.759. The summed E-state index contributed by atoms with van der Waals surface area (Å²) >= 11 is 0. The minimum Gasteiger partial charge on any atom is -0.354 e. The normalized spacial score (nSPS) is 20.4. The number of rotatable bonds is 5. The summed E-state index contributed by atoms with van der Waals surface area (Å²) in [5.74, 6) is 0.260. The average Bonchev–Trinajstić information content (AvgIpc) is 3.43. The van der Waals surface area contributed by atoms with Crippen molar-refractivity contribution in [2.24, 2.45) is 0 Å². The molecule has 4 rings (SSSR count). The van der Waals surface area contributed by atoms with Gasteiger partial charge in [-0.2, -0.15) is 5.10 Å². The van der Waals surface area contributed by atoms with Crippen LogP contribution in [0.1, 0.15) is 81.9 Å². The number of nitrogens with zero attached hydrogens (tertiary/aromatic N) is 3. The van der Waals surface area contributed by atoms with Gasteiger partial charge in [-0.3, -0.25) is 19.6 Å². The van der Waals surface area contributed by atoms with Gasteiger partial charge in [0.15, 0.2) is 5.78 Å². The number of aromatic amines is 2. The molecule has 0 bridgehead atoms. The fourth-order valence-corrected chi connectivity index (χ4v) is 5.03. The van der Waals surface area contributed by atoms with Gasteiger partial charge in [0.05, 0.1) is 6.20 Å². The van der Waals surface area contributed by atoms with Crippen LogP contribution in [-0.2, 0) is 6.54 Å². The molecule has 1 amide bonds. The van der Waals surface area contributed by atoms with Gasteiger partial charge in [-0.15, -0.1) is 0 Å². The van der Waals surface area contributed by atoms with Crippen LogP contribution in [0.15, 0.2) is 6.20 Å². The van der Waals surface area contributed by atoms with E-state index < -0.39 is 0 Å². The summed E-state index contributed by atoms with van der Waals surface area (Å²) in [6.07, 6.45) is 6.52. The molecule has 7 nitrogen and oxygen atoms in total. The summed E-state index contributed by atoms with van der Waals surface area (Å²) in [5.41, 5.74) is 5.17. The van der Waals surface area contributed by atoms with Crippen molar-refractivity contribution >= 4 is 11.7 Å². The van der Waals surface area contributed by atoms with Crippen molar-refractivity contribution in [1.29, 1.82) is 0 Å². The standard InChI is InChI=1S/C22H31N5O2/c1-14-19(16(3)28)15(2)24-20(14)22(29)27-10-6-7-17(13-27)21-18(11-23-25-21)12-26-8-4-5-9-26/h11,17,24H,4-10,12-13H2,1-3H3,(H,23,25)/t17-/m1/s1. The van der Waals surface area contributed by atoms with Crippen molar-refractivity contribution in [3.63, 3.8) is 0 Å². The molecular weight excluding hydrogens is 366 g/mol. The van der Waals surface area contributed by atoms with E-state index in [0.717, 1.165) is 50.3 Å². The highest BCUT2D eigenvalue weighted by Gasteiger charge is 2.30. The molecule has 2 fully saturated rings. The minimum atomic E-state index is -0.0107. The number of likely N-dealkylation sites (tertiary alicyclic amines) is 2. The van der Waals surface area contributed by atoms with Crippen LogP contribution in [0.5, 0.6) is 0 Å². The molecule has 7 heteroatoms. The number of nitrogens with one attached hydrogen (secondary N) is 2. The second kappa shape index (κ2) is 8.14. The number of Topliss-reactive ketones (excluding diaryl/α,β-unsaturated/α-hetero) is 1. The van der Waals surface area contributed by atoms with E-state index in [0.29, 0.717) is 17.8 Å². The van der Waals surface area contributed by atoms with Crippen molar-refractivity contribution in [3.05, 3.63) is 40.0 Å². The largest absolute Gasteiger partial charge is 0.354 e. The lowest BCUT2D eigenvalue weighted by atomic mass is 9.92. The summed E-state index contributed by atoms with van der Waals surface area (Å²) in [4.78, 5) is 32.7. The van der Waals surface area contributed by atoms with Crippen LogP contribution in [0, 0.1) is 13.8 Å². The van der Waals surface area contributed by atoms with Gasteiger partial charge < -0.3 is 9.88 Å². The third kappa shape index (κ3) is 3.88. The summed E-state index contributed by atoms with van der Waals surface area (Å²) < 4.78 is 0. The van der Waals surface area contributed by atoms with Gasteiger partial charge in [-0.25, -0.2) is 0 Å². The molecule has 29 heavy (non-hydrogen) atoms. The van der Waals surface area contributed by atoms with Crippen molar-refractivity contribution in [1.82, 2.24) is 25.0 Å². The van der Waals surface area contributed by atoms with Crippen LogP contribution in [0.25, 0.3) is 0 Å². The topological polar surface area (TPSA) is 85.1 Å². The van der Waals surface area contributed by atoms with Gasteiger partial charge >= 0.3 is 0 Å². The number of hydrogen-bond acceptors (Lipinski definition) is 4. The van der Waals surface area contributed by atoms with Crippen LogP contribution < -0.4 is 0 Å². The number of aryl methyl sites for hydroxylation is 1. The smallest absolute Gasteiger partial charge is 0.270 e. The number of ketones is 1. The van der Waals surface area contributed by atoms with Gasteiger partial charge in [0, 0.05) is 48.1 Å². The Morgan fingerprint density at radius 2 is 1.93 bits per heavy atom. The zero-order chi connectivity index (χ0) is 20.5. The lowest BCUT2D eigenvalue weighted by Crippen LogP contribution is -2.40. The molecule has 0 aromatic carbocycles. The third-order valence-corrected chi connectivity index (χ3v) is 6.46. The van der Waals surface area contributed by atoms with Crippen LogP contribution in [0.2, 0.25) is 0 Å².